The molecule has 0 unspecified atom stereocenters. The first-order valence-electron chi connectivity index (χ1n) is 7.21. The average Bonchev–Trinajstić information content (AvgIpc) is 3.21. The molecule has 2 heterocycles. The predicted octanol–water partition coefficient (Wildman–Crippen LogP) is 3.66. The third kappa shape index (κ3) is 3.91. The first-order valence-corrected chi connectivity index (χ1v) is 8.16. The lowest BCUT2D eigenvalue weighted by atomic mass is 10.3. The van der Waals surface area contributed by atoms with Gasteiger partial charge in [0.2, 0.25) is 5.89 Å². The van der Waals surface area contributed by atoms with Crippen molar-refractivity contribution < 1.29 is 19.0 Å². The lowest BCUT2D eigenvalue weighted by Crippen LogP contribution is -2.01. The summed E-state index contributed by atoms with van der Waals surface area (Å²) >= 11 is 1.61. The Hall–Kier alpha value is -2.31. The number of hydrogen-bond acceptors (Lipinski definition) is 6. The molecule has 23 heavy (non-hydrogen) atoms. The van der Waals surface area contributed by atoms with E-state index in [4.69, 9.17) is 19.0 Å². The van der Waals surface area contributed by atoms with E-state index in [-0.39, 0.29) is 13.2 Å². The number of ether oxygens (including phenoxy) is 2. The fourth-order valence-electron chi connectivity index (χ4n) is 2.02. The van der Waals surface area contributed by atoms with Crippen molar-refractivity contribution in [3.05, 3.63) is 52.5 Å². The van der Waals surface area contributed by atoms with Crippen molar-refractivity contribution in [3.8, 4) is 23.0 Å². The molecule has 0 saturated carbocycles. The van der Waals surface area contributed by atoms with Gasteiger partial charge in [0.15, 0.2) is 0 Å². The van der Waals surface area contributed by atoms with E-state index < -0.39 is 0 Å². The molecule has 5 nitrogen and oxygen atoms in total. The summed E-state index contributed by atoms with van der Waals surface area (Å²) in [6.07, 6.45) is 0. The molecule has 3 rings (SSSR count). The fourth-order valence-corrected chi connectivity index (χ4v) is 2.65. The number of nitrogens with zero attached hydrogens (tertiary/aromatic N) is 1. The summed E-state index contributed by atoms with van der Waals surface area (Å²) in [5.41, 5.74) is 1.77. The second kappa shape index (κ2) is 7.30. The monoisotopic (exact) mass is 331 g/mol. The standard InChI is InChI=1S/C17H17NO4S/c1-12-16(18-17(22-12)13-6-9-23-11-13)10-21-15-4-2-14(3-5-15)20-8-7-19/h2-6,9,11,19H,7-8,10H2,1H3. The minimum Gasteiger partial charge on any atom is -0.491 e. The zero-order chi connectivity index (χ0) is 16.1. The molecule has 0 amide bonds. The number of benzene rings is 1. The number of thiophene rings is 1. The van der Waals surface area contributed by atoms with Crippen LogP contribution in [0.15, 0.2) is 45.5 Å². The van der Waals surface area contributed by atoms with Gasteiger partial charge in [0.25, 0.3) is 0 Å². The molecule has 1 aromatic carbocycles. The zero-order valence-corrected chi connectivity index (χ0v) is 13.5. The first-order chi connectivity index (χ1) is 11.3. The molecular weight excluding hydrogens is 314 g/mol. The van der Waals surface area contributed by atoms with E-state index in [1.165, 1.54) is 0 Å². The fraction of sp³-hybridized carbons (Fsp3) is 0.235. The Morgan fingerprint density at radius 1 is 1.13 bits per heavy atom. The van der Waals surface area contributed by atoms with Gasteiger partial charge in [-0.2, -0.15) is 11.3 Å². The largest absolute Gasteiger partial charge is 0.491 e. The molecule has 1 N–H and O–H groups in total. The van der Waals surface area contributed by atoms with Crippen LogP contribution in [0.4, 0.5) is 0 Å². The molecule has 6 heteroatoms. The van der Waals surface area contributed by atoms with Crippen LogP contribution in [-0.4, -0.2) is 23.3 Å². The van der Waals surface area contributed by atoms with Gasteiger partial charge in [-0.05, 0) is 42.6 Å². The molecule has 0 bridgehead atoms. The summed E-state index contributed by atoms with van der Waals surface area (Å²) < 4.78 is 16.7. The molecule has 3 aromatic rings. The average molecular weight is 331 g/mol. The maximum atomic E-state index is 8.72. The van der Waals surface area contributed by atoms with Gasteiger partial charge in [0, 0.05) is 10.9 Å². The van der Waals surface area contributed by atoms with Crippen LogP contribution in [0.5, 0.6) is 11.5 Å². The van der Waals surface area contributed by atoms with Crippen LogP contribution in [0.3, 0.4) is 0 Å². The number of aryl methyl sites for hydroxylation is 1. The van der Waals surface area contributed by atoms with Gasteiger partial charge in [-0.1, -0.05) is 0 Å². The summed E-state index contributed by atoms with van der Waals surface area (Å²) in [5.74, 6) is 2.80. The SMILES string of the molecule is Cc1oc(-c2ccsc2)nc1COc1ccc(OCCO)cc1. The second-order valence-electron chi connectivity index (χ2n) is 4.87. The Bertz CT molecular complexity index is 735. The van der Waals surface area contributed by atoms with E-state index in [0.29, 0.717) is 18.2 Å². The summed E-state index contributed by atoms with van der Waals surface area (Å²) in [5, 5.41) is 12.7. The van der Waals surface area contributed by atoms with Crippen LogP contribution in [-0.2, 0) is 6.61 Å². The van der Waals surface area contributed by atoms with Crippen LogP contribution in [0.1, 0.15) is 11.5 Å². The van der Waals surface area contributed by atoms with E-state index in [1.807, 2.05) is 35.9 Å². The molecule has 2 aromatic heterocycles. The molecular formula is C17H17NO4S. The molecule has 0 spiro atoms. The number of aromatic nitrogens is 1. The maximum Gasteiger partial charge on any atom is 0.227 e. The highest BCUT2D eigenvalue weighted by atomic mass is 32.1. The Morgan fingerprint density at radius 2 is 1.87 bits per heavy atom. The summed E-state index contributed by atoms with van der Waals surface area (Å²) in [4.78, 5) is 4.49. The summed E-state index contributed by atoms with van der Waals surface area (Å²) in [6.45, 7) is 2.50. The van der Waals surface area contributed by atoms with E-state index >= 15 is 0 Å². The third-order valence-corrected chi connectivity index (χ3v) is 3.90. The molecule has 120 valence electrons. The Kier molecular flexibility index (Phi) is 4.95. The summed E-state index contributed by atoms with van der Waals surface area (Å²) in [6, 6.07) is 9.23. The van der Waals surface area contributed by atoms with Gasteiger partial charge >= 0.3 is 0 Å². The highest BCUT2D eigenvalue weighted by Crippen LogP contribution is 2.25. The molecule has 0 aliphatic carbocycles. The molecule has 0 fully saturated rings. The number of rotatable bonds is 7. The molecule has 0 saturated heterocycles. The molecule has 0 aliphatic heterocycles. The lowest BCUT2D eigenvalue weighted by molar-refractivity contribution is 0.201. The topological polar surface area (TPSA) is 64.7 Å². The molecule has 0 atom stereocenters. The predicted molar refractivity (Wildman–Crippen MR) is 87.9 cm³/mol. The number of aliphatic hydroxyl groups is 1. The van der Waals surface area contributed by atoms with Crippen LogP contribution < -0.4 is 9.47 Å². The Labute approximate surface area is 138 Å². The van der Waals surface area contributed by atoms with Crippen LogP contribution >= 0.6 is 11.3 Å². The van der Waals surface area contributed by atoms with Gasteiger partial charge in [0.1, 0.15) is 36.2 Å². The highest BCUT2D eigenvalue weighted by molar-refractivity contribution is 7.08. The van der Waals surface area contributed by atoms with E-state index in [1.54, 1.807) is 23.5 Å². The van der Waals surface area contributed by atoms with Gasteiger partial charge in [-0.15, -0.1) is 0 Å². The van der Waals surface area contributed by atoms with Gasteiger partial charge in [-0.3, -0.25) is 0 Å². The van der Waals surface area contributed by atoms with Crippen molar-refractivity contribution in [1.29, 1.82) is 0 Å². The van der Waals surface area contributed by atoms with E-state index in [2.05, 4.69) is 4.98 Å². The van der Waals surface area contributed by atoms with Crippen LogP contribution in [0.2, 0.25) is 0 Å². The smallest absolute Gasteiger partial charge is 0.227 e. The van der Waals surface area contributed by atoms with Crippen LogP contribution in [0, 0.1) is 6.92 Å². The van der Waals surface area contributed by atoms with Crippen molar-refractivity contribution in [1.82, 2.24) is 4.98 Å². The number of aliphatic hydroxyl groups excluding tert-OH is 1. The number of oxazole rings is 1. The minimum absolute atomic E-state index is 0.00382. The van der Waals surface area contributed by atoms with E-state index in [9.17, 15) is 0 Å². The first kappa shape index (κ1) is 15.6. The van der Waals surface area contributed by atoms with Crippen molar-refractivity contribution in [2.75, 3.05) is 13.2 Å². The Morgan fingerprint density at radius 3 is 2.52 bits per heavy atom. The van der Waals surface area contributed by atoms with Crippen molar-refractivity contribution in [2.45, 2.75) is 13.5 Å². The molecule has 0 aliphatic rings. The zero-order valence-electron chi connectivity index (χ0n) is 12.7. The third-order valence-electron chi connectivity index (χ3n) is 3.22. The molecule has 0 radical (unpaired) electrons. The maximum absolute atomic E-state index is 8.72. The number of hydrogen-bond donors (Lipinski definition) is 1. The van der Waals surface area contributed by atoms with Crippen LogP contribution in [0.25, 0.3) is 11.5 Å². The van der Waals surface area contributed by atoms with Crippen molar-refractivity contribution in [3.63, 3.8) is 0 Å². The highest BCUT2D eigenvalue weighted by Gasteiger charge is 2.12. The normalized spacial score (nSPS) is 10.7. The minimum atomic E-state index is -0.00382. The second-order valence-corrected chi connectivity index (χ2v) is 5.65. The lowest BCUT2D eigenvalue weighted by Gasteiger charge is -2.07. The van der Waals surface area contributed by atoms with E-state index in [0.717, 1.165) is 22.8 Å². The van der Waals surface area contributed by atoms with Gasteiger partial charge in [-0.25, -0.2) is 4.98 Å². The summed E-state index contributed by atoms with van der Waals surface area (Å²) in [7, 11) is 0. The van der Waals surface area contributed by atoms with Gasteiger partial charge in [0.05, 0.1) is 6.61 Å². The van der Waals surface area contributed by atoms with Crippen molar-refractivity contribution >= 4 is 11.3 Å². The van der Waals surface area contributed by atoms with Crippen molar-refractivity contribution in [2.24, 2.45) is 0 Å². The van der Waals surface area contributed by atoms with Gasteiger partial charge < -0.3 is 19.0 Å². The Balaban J connectivity index is 1.62. The quantitative estimate of drug-likeness (QED) is 0.716.